The summed E-state index contributed by atoms with van der Waals surface area (Å²) in [7, 11) is 0.888. The van der Waals surface area contributed by atoms with E-state index in [1.54, 1.807) is 0 Å². The number of esters is 1. The fraction of sp³-hybridized carbons (Fsp3) is 0.579. The first-order valence-electron chi connectivity index (χ1n) is 9.78. The molecule has 2 aromatic heterocycles. The molecule has 182 valence electrons. The molecule has 0 spiro atoms. The third-order valence-electron chi connectivity index (χ3n) is 5.11. The fourth-order valence-corrected chi connectivity index (χ4v) is 3.31. The van der Waals surface area contributed by atoms with Crippen LogP contribution in [0.3, 0.4) is 0 Å². The molecule has 2 atom stereocenters. The zero-order chi connectivity index (χ0) is 24.6. The Labute approximate surface area is 182 Å². The van der Waals surface area contributed by atoms with Crippen LogP contribution >= 0.6 is 0 Å². The molecule has 1 N–H and O–H groups in total. The maximum absolute atomic E-state index is 13.7. The number of fused-ring (bicyclic) bond motifs is 5. The second kappa shape index (κ2) is 8.80. The molecule has 1 aliphatic heterocycles. The van der Waals surface area contributed by atoms with E-state index in [9.17, 15) is 36.2 Å². The number of pyridine rings is 1. The second-order valence-electron chi connectivity index (χ2n) is 7.52. The molecule has 33 heavy (non-hydrogen) atoms. The van der Waals surface area contributed by atoms with Crippen LogP contribution in [0.25, 0.3) is 11.6 Å². The summed E-state index contributed by atoms with van der Waals surface area (Å²) >= 11 is 0. The van der Waals surface area contributed by atoms with Gasteiger partial charge in [0.25, 0.3) is 11.8 Å². The Balaban J connectivity index is 2.27. The smallest absolute Gasteiger partial charge is 0.426 e. The summed E-state index contributed by atoms with van der Waals surface area (Å²) < 4.78 is 96.8. The second-order valence-corrected chi connectivity index (χ2v) is 7.52. The summed E-state index contributed by atoms with van der Waals surface area (Å²) in [4.78, 5) is 15.9. The third kappa shape index (κ3) is 4.89. The molecule has 0 saturated heterocycles. The van der Waals surface area contributed by atoms with Gasteiger partial charge in [-0.3, -0.25) is 0 Å². The minimum Gasteiger partial charge on any atom is -0.474 e. The number of aromatic nitrogens is 3. The Bertz CT molecular complexity index is 1020. The highest BCUT2D eigenvalue weighted by Crippen LogP contribution is 2.44. The first-order chi connectivity index (χ1) is 15.3. The molecule has 8 nitrogen and oxygen atoms in total. The number of carbonyl (C=O) groups is 1. The Morgan fingerprint density at radius 1 is 1.18 bits per heavy atom. The van der Waals surface area contributed by atoms with Crippen molar-refractivity contribution in [3.8, 4) is 17.5 Å². The van der Waals surface area contributed by atoms with Crippen molar-refractivity contribution < 1.29 is 50.1 Å². The van der Waals surface area contributed by atoms with E-state index in [1.807, 2.05) is 0 Å². The molecule has 0 amide bonds. The van der Waals surface area contributed by atoms with Gasteiger partial charge in [-0.2, -0.15) is 26.3 Å². The predicted octanol–water partition coefficient (Wildman–Crippen LogP) is 4.42. The lowest BCUT2D eigenvalue weighted by molar-refractivity contribution is -0.277. The van der Waals surface area contributed by atoms with Gasteiger partial charge in [-0.05, 0) is 38.7 Å². The largest absolute Gasteiger partial charge is 0.474 e. The molecule has 0 fully saturated rings. The first-order valence-corrected chi connectivity index (χ1v) is 9.78. The molecule has 0 aliphatic carbocycles. The van der Waals surface area contributed by atoms with E-state index in [0.29, 0.717) is 12.5 Å². The maximum atomic E-state index is 13.7. The number of aliphatic hydroxyl groups is 1. The molecule has 1 aliphatic rings. The van der Waals surface area contributed by atoms with Crippen molar-refractivity contribution in [1.29, 1.82) is 0 Å². The maximum Gasteiger partial charge on any atom is 0.426 e. The summed E-state index contributed by atoms with van der Waals surface area (Å²) in [5, 5.41) is 17.0. The highest BCUT2D eigenvalue weighted by Gasteiger charge is 2.58. The number of halogens is 6. The highest BCUT2D eigenvalue weighted by atomic mass is 19.4. The van der Waals surface area contributed by atoms with Gasteiger partial charge in [0.1, 0.15) is 11.3 Å². The molecular formula is C19H19F6N3O5. The average Bonchev–Trinajstić information content (AvgIpc) is 3.20. The van der Waals surface area contributed by atoms with Crippen LogP contribution in [-0.2, 0) is 16.5 Å². The molecule has 2 aromatic rings. The van der Waals surface area contributed by atoms with Crippen molar-refractivity contribution in [2.45, 2.75) is 63.1 Å². The van der Waals surface area contributed by atoms with Gasteiger partial charge >= 0.3 is 18.3 Å². The van der Waals surface area contributed by atoms with Crippen LogP contribution in [0, 0.1) is 0 Å². The predicted molar refractivity (Wildman–Crippen MR) is 97.0 cm³/mol. The van der Waals surface area contributed by atoms with E-state index >= 15 is 0 Å². The van der Waals surface area contributed by atoms with Gasteiger partial charge in [0.05, 0.1) is 18.8 Å². The number of hydrogen-bond donors (Lipinski definition) is 1. The average molecular weight is 483 g/mol. The third-order valence-corrected chi connectivity index (χ3v) is 5.11. The van der Waals surface area contributed by atoms with Gasteiger partial charge in [-0.1, -0.05) is 6.42 Å². The van der Waals surface area contributed by atoms with Crippen molar-refractivity contribution in [1.82, 2.24) is 15.2 Å². The number of alkyl halides is 6. The Kier molecular flexibility index (Phi) is 6.60. The van der Waals surface area contributed by atoms with Gasteiger partial charge in [-0.25, -0.2) is 9.78 Å². The normalized spacial score (nSPS) is 22.3. The number of ether oxygens (including phenoxy) is 2. The van der Waals surface area contributed by atoms with Crippen molar-refractivity contribution in [2.75, 3.05) is 7.11 Å². The standard InChI is InChI=1S/C19H19F6N3O5/c1-9-6-4-3-5-7-17(30,19(23,24)25)16-28-27-14(33-16)12-10(15(29)31-2)8-11(18(20,21)22)13(26-12)32-9/h8-9,30H,3-7H2,1-2H3/t9-,17-/m1/s1. The molecule has 0 aromatic carbocycles. The molecule has 4 bridgehead atoms. The summed E-state index contributed by atoms with van der Waals surface area (Å²) in [5.74, 6) is -4.25. The number of rotatable bonds is 1. The lowest BCUT2D eigenvalue weighted by atomic mass is 9.94. The lowest BCUT2D eigenvalue weighted by Gasteiger charge is -2.27. The van der Waals surface area contributed by atoms with E-state index in [1.165, 1.54) is 6.92 Å². The van der Waals surface area contributed by atoms with Crippen LogP contribution in [0.1, 0.15) is 60.8 Å². The van der Waals surface area contributed by atoms with E-state index < -0.39 is 70.9 Å². The topological polar surface area (TPSA) is 108 Å². The molecule has 0 saturated carbocycles. The summed E-state index contributed by atoms with van der Waals surface area (Å²) in [5.41, 5.74) is -6.36. The van der Waals surface area contributed by atoms with Gasteiger partial charge in [0.2, 0.25) is 11.5 Å². The first kappa shape index (κ1) is 24.7. The van der Waals surface area contributed by atoms with Crippen molar-refractivity contribution >= 4 is 5.97 Å². The summed E-state index contributed by atoms with van der Waals surface area (Å²) in [6, 6.07) is 0.391. The summed E-state index contributed by atoms with van der Waals surface area (Å²) in [6.45, 7) is 1.47. The zero-order valence-electron chi connectivity index (χ0n) is 17.4. The van der Waals surface area contributed by atoms with Crippen LogP contribution in [0.2, 0.25) is 0 Å². The number of hydrogen-bond acceptors (Lipinski definition) is 8. The summed E-state index contributed by atoms with van der Waals surface area (Å²) in [6.07, 6.45) is -11.1. The lowest BCUT2D eigenvalue weighted by Crippen LogP contribution is -2.42. The molecule has 0 unspecified atom stereocenters. The Hall–Kier alpha value is -2.90. The van der Waals surface area contributed by atoms with Crippen molar-refractivity contribution in [3.63, 3.8) is 0 Å². The SMILES string of the molecule is COC(=O)c1cc(C(F)(F)F)c2nc1-c1nnc(o1)[C@@](O)(C(F)(F)F)CCCCC[C@@H](C)O2. The van der Waals surface area contributed by atoms with Gasteiger partial charge in [0.15, 0.2) is 0 Å². The van der Waals surface area contributed by atoms with E-state index in [2.05, 4.69) is 19.9 Å². The van der Waals surface area contributed by atoms with Gasteiger partial charge < -0.3 is 19.0 Å². The number of methoxy groups -OCH3 is 1. The quantitative estimate of drug-likeness (QED) is 0.469. The highest BCUT2D eigenvalue weighted by molar-refractivity contribution is 5.95. The number of carbonyl (C=O) groups excluding carboxylic acids is 1. The van der Waals surface area contributed by atoms with Gasteiger partial charge in [-0.15, -0.1) is 10.2 Å². The van der Waals surface area contributed by atoms with E-state index in [-0.39, 0.29) is 19.3 Å². The number of nitrogens with zero attached hydrogens (tertiary/aromatic N) is 3. The van der Waals surface area contributed by atoms with Crippen LogP contribution in [0.15, 0.2) is 10.5 Å². The fourth-order valence-electron chi connectivity index (χ4n) is 3.31. The van der Waals surface area contributed by atoms with E-state index in [4.69, 9.17) is 9.15 Å². The molecular weight excluding hydrogens is 464 g/mol. The minimum atomic E-state index is -5.19. The molecule has 0 radical (unpaired) electrons. The Morgan fingerprint density at radius 2 is 1.88 bits per heavy atom. The van der Waals surface area contributed by atoms with Crippen LogP contribution in [0.5, 0.6) is 5.88 Å². The van der Waals surface area contributed by atoms with Gasteiger partial charge in [0, 0.05) is 0 Å². The molecule has 3 rings (SSSR count). The monoisotopic (exact) mass is 483 g/mol. The van der Waals surface area contributed by atoms with Crippen LogP contribution in [0.4, 0.5) is 26.3 Å². The van der Waals surface area contributed by atoms with E-state index in [0.717, 1.165) is 7.11 Å². The zero-order valence-corrected chi connectivity index (χ0v) is 17.4. The van der Waals surface area contributed by atoms with Crippen LogP contribution < -0.4 is 4.74 Å². The van der Waals surface area contributed by atoms with Crippen LogP contribution in [-0.4, -0.2) is 45.6 Å². The van der Waals surface area contributed by atoms with Crippen molar-refractivity contribution in [3.05, 3.63) is 23.1 Å². The molecule has 3 heterocycles. The Morgan fingerprint density at radius 3 is 2.48 bits per heavy atom. The van der Waals surface area contributed by atoms with Crippen molar-refractivity contribution in [2.24, 2.45) is 0 Å². The minimum absolute atomic E-state index is 0.0921. The molecule has 14 heteroatoms.